The van der Waals surface area contributed by atoms with Crippen molar-refractivity contribution in [2.75, 3.05) is 13.2 Å². The van der Waals surface area contributed by atoms with Crippen LogP contribution in [0.2, 0.25) is 0 Å². The number of aliphatic hydroxyl groups excluding tert-OH is 1. The third-order valence-electron chi connectivity index (χ3n) is 4.10. The van der Waals surface area contributed by atoms with Gasteiger partial charge < -0.3 is 15.7 Å². The first-order valence-corrected chi connectivity index (χ1v) is 6.80. The lowest BCUT2D eigenvalue weighted by atomic mass is 9.87. The highest BCUT2D eigenvalue weighted by Gasteiger charge is 2.34. The maximum Gasteiger partial charge on any atom is 0.237 e. The lowest BCUT2D eigenvalue weighted by Crippen LogP contribution is -2.47. The maximum atomic E-state index is 11.8. The summed E-state index contributed by atoms with van der Waals surface area (Å²) in [7, 11) is 0. The van der Waals surface area contributed by atoms with Crippen LogP contribution >= 0.6 is 0 Å². The van der Waals surface area contributed by atoms with Gasteiger partial charge in [-0.15, -0.1) is 0 Å². The number of hydrogen-bond donors (Lipinski definition) is 3. The molecule has 1 atom stereocenters. The van der Waals surface area contributed by atoms with Crippen molar-refractivity contribution in [1.29, 1.82) is 0 Å². The Bertz CT molecular complexity index is 271. The first-order chi connectivity index (χ1) is 8.15. The van der Waals surface area contributed by atoms with E-state index in [0.717, 1.165) is 32.2 Å². The SMILES string of the molecule is CC(NCC1(CO)CCCC1)C(=O)NC1CC1. The van der Waals surface area contributed by atoms with E-state index in [-0.39, 0.29) is 24.0 Å². The van der Waals surface area contributed by atoms with E-state index in [1.54, 1.807) is 0 Å². The third-order valence-corrected chi connectivity index (χ3v) is 4.10. The molecule has 2 aliphatic rings. The Balaban J connectivity index is 1.73. The van der Waals surface area contributed by atoms with Gasteiger partial charge in [-0.3, -0.25) is 4.79 Å². The Kier molecular flexibility index (Phi) is 4.05. The normalized spacial score (nSPS) is 24.6. The molecule has 0 aromatic rings. The van der Waals surface area contributed by atoms with E-state index in [0.29, 0.717) is 6.04 Å². The lowest BCUT2D eigenvalue weighted by molar-refractivity contribution is -0.123. The molecule has 0 aromatic heterocycles. The molecule has 2 rings (SSSR count). The minimum absolute atomic E-state index is 0.0219. The summed E-state index contributed by atoms with van der Waals surface area (Å²) in [6, 6.07) is 0.268. The topological polar surface area (TPSA) is 61.4 Å². The van der Waals surface area contributed by atoms with Crippen LogP contribution in [0.4, 0.5) is 0 Å². The lowest BCUT2D eigenvalue weighted by Gasteiger charge is -2.28. The van der Waals surface area contributed by atoms with Crippen LogP contribution in [0, 0.1) is 5.41 Å². The van der Waals surface area contributed by atoms with E-state index >= 15 is 0 Å². The van der Waals surface area contributed by atoms with Gasteiger partial charge >= 0.3 is 0 Å². The Morgan fingerprint density at radius 3 is 2.59 bits per heavy atom. The van der Waals surface area contributed by atoms with Crippen LogP contribution in [0.15, 0.2) is 0 Å². The van der Waals surface area contributed by atoms with Crippen LogP contribution in [0.25, 0.3) is 0 Å². The van der Waals surface area contributed by atoms with Crippen molar-refractivity contribution in [3.63, 3.8) is 0 Å². The molecular formula is C13H24N2O2. The van der Waals surface area contributed by atoms with Crippen molar-refractivity contribution < 1.29 is 9.90 Å². The monoisotopic (exact) mass is 240 g/mol. The Hall–Kier alpha value is -0.610. The largest absolute Gasteiger partial charge is 0.396 e. The minimum Gasteiger partial charge on any atom is -0.396 e. The number of rotatable bonds is 6. The third kappa shape index (κ3) is 3.42. The fourth-order valence-electron chi connectivity index (χ4n) is 2.53. The number of aliphatic hydroxyl groups is 1. The molecule has 1 unspecified atom stereocenters. The molecule has 4 heteroatoms. The average molecular weight is 240 g/mol. The molecule has 2 fully saturated rings. The first kappa shape index (κ1) is 12.8. The van der Waals surface area contributed by atoms with Gasteiger partial charge in [0.05, 0.1) is 6.04 Å². The Morgan fingerprint density at radius 2 is 2.06 bits per heavy atom. The molecule has 0 aliphatic heterocycles. The van der Waals surface area contributed by atoms with E-state index in [1.165, 1.54) is 12.8 Å². The van der Waals surface area contributed by atoms with Crippen LogP contribution in [0.5, 0.6) is 0 Å². The van der Waals surface area contributed by atoms with Gasteiger partial charge in [0.2, 0.25) is 5.91 Å². The standard InChI is InChI=1S/C13H24N2O2/c1-10(12(17)15-11-4-5-11)14-8-13(9-16)6-2-3-7-13/h10-11,14,16H,2-9H2,1H3,(H,15,17). The summed E-state index contributed by atoms with van der Waals surface area (Å²) >= 11 is 0. The van der Waals surface area contributed by atoms with Gasteiger partial charge in [0.1, 0.15) is 0 Å². The van der Waals surface area contributed by atoms with Crippen molar-refractivity contribution >= 4 is 5.91 Å². The number of carbonyl (C=O) groups is 1. The molecule has 1 amide bonds. The number of hydrogen-bond acceptors (Lipinski definition) is 3. The van der Waals surface area contributed by atoms with Gasteiger partial charge in [-0.1, -0.05) is 12.8 Å². The molecule has 0 saturated heterocycles. The van der Waals surface area contributed by atoms with Crippen molar-refractivity contribution in [1.82, 2.24) is 10.6 Å². The highest BCUT2D eigenvalue weighted by molar-refractivity contribution is 5.81. The summed E-state index contributed by atoms with van der Waals surface area (Å²) in [4.78, 5) is 11.8. The van der Waals surface area contributed by atoms with Crippen molar-refractivity contribution in [2.45, 2.75) is 57.5 Å². The van der Waals surface area contributed by atoms with Gasteiger partial charge in [0.25, 0.3) is 0 Å². The molecule has 2 aliphatic carbocycles. The van der Waals surface area contributed by atoms with E-state index in [1.807, 2.05) is 6.92 Å². The number of carbonyl (C=O) groups excluding carboxylic acids is 1. The molecule has 0 heterocycles. The van der Waals surface area contributed by atoms with Gasteiger partial charge in [0.15, 0.2) is 0 Å². The highest BCUT2D eigenvalue weighted by atomic mass is 16.3. The molecule has 2 saturated carbocycles. The fraction of sp³-hybridized carbons (Fsp3) is 0.923. The molecular weight excluding hydrogens is 216 g/mol. The van der Waals surface area contributed by atoms with Gasteiger partial charge in [-0.25, -0.2) is 0 Å². The smallest absolute Gasteiger partial charge is 0.237 e. The summed E-state index contributed by atoms with van der Waals surface area (Å²) in [6.07, 6.45) is 6.80. The Labute approximate surface area is 103 Å². The maximum absolute atomic E-state index is 11.8. The van der Waals surface area contributed by atoms with Crippen LogP contribution in [0.3, 0.4) is 0 Å². The second kappa shape index (κ2) is 5.36. The van der Waals surface area contributed by atoms with Crippen LogP contribution in [0.1, 0.15) is 45.4 Å². The van der Waals surface area contributed by atoms with Gasteiger partial charge in [-0.2, -0.15) is 0 Å². The molecule has 0 spiro atoms. The summed E-state index contributed by atoms with van der Waals surface area (Å²) in [6.45, 7) is 2.89. The van der Waals surface area contributed by atoms with E-state index < -0.39 is 0 Å². The summed E-state index contributed by atoms with van der Waals surface area (Å²) < 4.78 is 0. The molecule has 98 valence electrons. The number of nitrogens with one attached hydrogen (secondary N) is 2. The summed E-state index contributed by atoms with van der Waals surface area (Å²) in [5.74, 6) is 0.0959. The zero-order chi connectivity index (χ0) is 12.3. The zero-order valence-corrected chi connectivity index (χ0v) is 10.7. The predicted octanol–water partition coefficient (Wildman–Crippen LogP) is 0.796. The van der Waals surface area contributed by atoms with Crippen LogP contribution < -0.4 is 10.6 Å². The zero-order valence-electron chi connectivity index (χ0n) is 10.7. The molecule has 0 aromatic carbocycles. The van der Waals surface area contributed by atoms with Crippen molar-refractivity contribution in [2.24, 2.45) is 5.41 Å². The minimum atomic E-state index is -0.153. The van der Waals surface area contributed by atoms with Crippen LogP contribution in [-0.2, 0) is 4.79 Å². The quantitative estimate of drug-likeness (QED) is 0.643. The second-order valence-electron chi connectivity index (χ2n) is 5.75. The molecule has 0 radical (unpaired) electrons. The Morgan fingerprint density at radius 1 is 1.41 bits per heavy atom. The van der Waals surface area contributed by atoms with E-state index in [2.05, 4.69) is 10.6 Å². The highest BCUT2D eigenvalue weighted by Crippen LogP contribution is 2.36. The van der Waals surface area contributed by atoms with Crippen molar-refractivity contribution in [3.8, 4) is 0 Å². The molecule has 4 nitrogen and oxygen atoms in total. The predicted molar refractivity (Wildman–Crippen MR) is 66.6 cm³/mol. The van der Waals surface area contributed by atoms with Gasteiger partial charge in [0, 0.05) is 24.6 Å². The fourth-order valence-corrected chi connectivity index (χ4v) is 2.53. The summed E-state index contributed by atoms with van der Waals surface area (Å²) in [5, 5.41) is 15.8. The van der Waals surface area contributed by atoms with E-state index in [9.17, 15) is 9.90 Å². The molecule has 17 heavy (non-hydrogen) atoms. The molecule has 3 N–H and O–H groups in total. The van der Waals surface area contributed by atoms with Crippen molar-refractivity contribution in [3.05, 3.63) is 0 Å². The first-order valence-electron chi connectivity index (χ1n) is 6.80. The molecule has 0 bridgehead atoms. The second-order valence-corrected chi connectivity index (χ2v) is 5.75. The van der Waals surface area contributed by atoms with Crippen LogP contribution in [-0.4, -0.2) is 36.2 Å². The van der Waals surface area contributed by atoms with E-state index in [4.69, 9.17) is 0 Å². The van der Waals surface area contributed by atoms with Gasteiger partial charge in [-0.05, 0) is 32.6 Å². The summed E-state index contributed by atoms with van der Waals surface area (Å²) in [5.41, 5.74) is 0.0219. The average Bonchev–Trinajstić information content (AvgIpc) is 3.02. The number of amides is 1.